The van der Waals surface area contributed by atoms with Gasteiger partial charge in [-0.1, -0.05) is 19.1 Å². The molecule has 29 heavy (non-hydrogen) atoms. The van der Waals surface area contributed by atoms with Crippen LogP contribution in [0.3, 0.4) is 0 Å². The fourth-order valence-electron chi connectivity index (χ4n) is 3.12. The SMILES string of the molecule is CCS(=O)(=O)c1ccccc1C(=O)OCC(=O)c1c[nH]c(C(=O)N2CCCC2)c1. The number of esters is 1. The minimum atomic E-state index is -3.61. The number of sulfone groups is 1. The molecule has 0 saturated carbocycles. The van der Waals surface area contributed by atoms with Crippen molar-refractivity contribution < 1.29 is 27.5 Å². The number of aromatic nitrogens is 1. The van der Waals surface area contributed by atoms with Crippen molar-refractivity contribution >= 4 is 27.5 Å². The highest BCUT2D eigenvalue weighted by molar-refractivity contribution is 7.91. The summed E-state index contributed by atoms with van der Waals surface area (Å²) in [6.45, 7) is 2.31. The van der Waals surface area contributed by atoms with Gasteiger partial charge < -0.3 is 14.6 Å². The summed E-state index contributed by atoms with van der Waals surface area (Å²) in [5.74, 6) is -1.72. The number of Topliss-reactive ketones (excluding diaryl/α,β-unsaturated/α-hetero) is 1. The summed E-state index contributed by atoms with van der Waals surface area (Å²) < 4.78 is 29.3. The van der Waals surface area contributed by atoms with Gasteiger partial charge in [0.15, 0.2) is 16.4 Å². The Morgan fingerprint density at radius 1 is 1.14 bits per heavy atom. The summed E-state index contributed by atoms with van der Waals surface area (Å²) in [5.41, 5.74) is 0.414. The van der Waals surface area contributed by atoms with E-state index in [2.05, 4.69) is 4.98 Å². The Kier molecular flexibility index (Phi) is 6.17. The predicted molar refractivity (Wildman–Crippen MR) is 105 cm³/mol. The van der Waals surface area contributed by atoms with Gasteiger partial charge in [0.2, 0.25) is 5.78 Å². The van der Waals surface area contributed by atoms with Gasteiger partial charge in [0.25, 0.3) is 5.91 Å². The molecule has 154 valence electrons. The number of hydrogen-bond acceptors (Lipinski definition) is 6. The number of H-pyrrole nitrogens is 1. The molecule has 2 heterocycles. The number of rotatable bonds is 7. The molecule has 2 aromatic rings. The number of carbonyl (C=O) groups is 3. The molecule has 0 unspecified atom stereocenters. The van der Waals surface area contributed by atoms with Crippen molar-refractivity contribution in [3.05, 3.63) is 53.3 Å². The van der Waals surface area contributed by atoms with Gasteiger partial charge in [-0.15, -0.1) is 0 Å². The van der Waals surface area contributed by atoms with Crippen molar-refractivity contribution in [3.8, 4) is 0 Å². The molecule has 1 fully saturated rings. The second-order valence-electron chi connectivity index (χ2n) is 6.70. The van der Waals surface area contributed by atoms with E-state index < -0.39 is 28.2 Å². The average Bonchev–Trinajstić information content (AvgIpc) is 3.43. The summed E-state index contributed by atoms with van der Waals surface area (Å²) >= 11 is 0. The first-order chi connectivity index (χ1) is 13.8. The number of benzene rings is 1. The summed E-state index contributed by atoms with van der Waals surface area (Å²) in [6.07, 6.45) is 3.32. The van der Waals surface area contributed by atoms with E-state index in [1.165, 1.54) is 43.5 Å². The molecule has 1 aliphatic rings. The summed E-state index contributed by atoms with van der Waals surface area (Å²) in [4.78, 5) is 41.4. The van der Waals surface area contributed by atoms with Gasteiger partial charge in [-0.2, -0.15) is 0 Å². The van der Waals surface area contributed by atoms with E-state index in [1.54, 1.807) is 4.90 Å². The minimum Gasteiger partial charge on any atom is -0.454 e. The van der Waals surface area contributed by atoms with Crippen LogP contribution in [0.25, 0.3) is 0 Å². The van der Waals surface area contributed by atoms with Gasteiger partial charge in [-0.25, -0.2) is 13.2 Å². The third kappa shape index (κ3) is 4.56. The normalized spacial score (nSPS) is 14.0. The number of likely N-dealkylation sites (tertiary alicyclic amines) is 1. The van der Waals surface area contributed by atoms with Crippen LogP contribution < -0.4 is 0 Å². The van der Waals surface area contributed by atoms with E-state index in [4.69, 9.17) is 4.74 Å². The second-order valence-corrected chi connectivity index (χ2v) is 8.95. The van der Waals surface area contributed by atoms with Gasteiger partial charge in [-0.3, -0.25) is 9.59 Å². The molecule has 1 N–H and O–H groups in total. The highest BCUT2D eigenvalue weighted by atomic mass is 32.2. The first-order valence-corrected chi connectivity index (χ1v) is 11.0. The quantitative estimate of drug-likeness (QED) is 0.544. The van der Waals surface area contributed by atoms with Crippen LogP contribution in [0.5, 0.6) is 0 Å². The van der Waals surface area contributed by atoms with E-state index in [-0.39, 0.29) is 27.7 Å². The van der Waals surface area contributed by atoms with Crippen LogP contribution in [0.4, 0.5) is 0 Å². The molecule has 0 atom stereocenters. The number of nitrogens with one attached hydrogen (secondary N) is 1. The largest absolute Gasteiger partial charge is 0.454 e. The van der Waals surface area contributed by atoms with Crippen LogP contribution in [0.15, 0.2) is 41.4 Å². The number of amides is 1. The number of hydrogen-bond donors (Lipinski definition) is 1. The minimum absolute atomic E-state index is 0.110. The van der Waals surface area contributed by atoms with Gasteiger partial charge in [0, 0.05) is 24.8 Å². The first kappa shape index (κ1) is 20.8. The highest BCUT2D eigenvalue weighted by Crippen LogP contribution is 2.18. The van der Waals surface area contributed by atoms with Gasteiger partial charge in [0.05, 0.1) is 16.2 Å². The molecule has 3 rings (SSSR count). The van der Waals surface area contributed by atoms with Gasteiger partial charge >= 0.3 is 5.97 Å². The maximum atomic E-state index is 12.3. The molecule has 1 aliphatic heterocycles. The van der Waals surface area contributed by atoms with Crippen LogP contribution in [0, 0.1) is 0 Å². The number of ketones is 1. The molecule has 0 bridgehead atoms. The second kappa shape index (κ2) is 8.60. The van der Waals surface area contributed by atoms with Crippen LogP contribution in [-0.2, 0) is 14.6 Å². The van der Waals surface area contributed by atoms with E-state index in [9.17, 15) is 22.8 Å². The number of nitrogens with zero attached hydrogens (tertiary/aromatic N) is 1. The molecule has 1 aromatic carbocycles. The Bertz CT molecular complexity index is 1030. The topological polar surface area (TPSA) is 114 Å². The van der Waals surface area contributed by atoms with E-state index in [0.29, 0.717) is 18.8 Å². The van der Waals surface area contributed by atoms with Gasteiger partial charge in [0.1, 0.15) is 5.69 Å². The third-order valence-electron chi connectivity index (χ3n) is 4.79. The maximum absolute atomic E-state index is 12.3. The molecule has 0 aliphatic carbocycles. The lowest BCUT2D eigenvalue weighted by Crippen LogP contribution is -2.27. The van der Waals surface area contributed by atoms with Gasteiger partial charge in [-0.05, 0) is 31.0 Å². The van der Waals surface area contributed by atoms with E-state index >= 15 is 0 Å². The van der Waals surface area contributed by atoms with Crippen LogP contribution in [0.1, 0.15) is 51.0 Å². The fraction of sp³-hybridized carbons (Fsp3) is 0.350. The maximum Gasteiger partial charge on any atom is 0.339 e. The Hall–Kier alpha value is -2.94. The van der Waals surface area contributed by atoms with Crippen molar-refractivity contribution in [2.24, 2.45) is 0 Å². The lowest BCUT2D eigenvalue weighted by Gasteiger charge is -2.13. The smallest absolute Gasteiger partial charge is 0.339 e. The van der Waals surface area contributed by atoms with Crippen LogP contribution >= 0.6 is 0 Å². The standard InChI is InChI=1S/C20H22N2O6S/c1-2-29(26,27)18-8-4-3-7-15(18)20(25)28-13-17(23)14-11-16(21-12-14)19(24)22-9-5-6-10-22/h3-4,7-8,11-12,21H,2,5-6,9-10,13H2,1H3. The monoisotopic (exact) mass is 418 g/mol. The zero-order valence-electron chi connectivity index (χ0n) is 16.0. The van der Waals surface area contributed by atoms with Crippen molar-refractivity contribution in [2.75, 3.05) is 25.4 Å². The summed E-state index contributed by atoms with van der Waals surface area (Å²) in [7, 11) is -3.61. The molecule has 1 aromatic heterocycles. The Labute approximate surface area is 168 Å². The molecular formula is C20H22N2O6S. The van der Waals surface area contributed by atoms with Crippen LogP contribution in [-0.4, -0.2) is 61.4 Å². The first-order valence-electron chi connectivity index (χ1n) is 9.33. The predicted octanol–water partition coefficient (Wildman–Crippen LogP) is 2.08. The molecule has 1 amide bonds. The lowest BCUT2D eigenvalue weighted by atomic mass is 10.2. The number of ether oxygens (including phenoxy) is 1. The molecule has 8 nitrogen and oxygen atoms in total. The summed E-state index contributed by atoms with van der Waals surface area (Å²) in [5, 5.41) is 0. The fourth-order valence-corrected chi connectivity index (χ4v) is 4.21. The van der Waals surface area contributed by atoms with Crippen molar-refractivity contribution in [1.29, 1.82) is 0 Å². The lowest BCUT2D eigenvalue weighted by molar-refractivity contribution is 0.0471. The third-order valence-corrected chi connectivity index (χ3v) is 6.57. The Balaban J connectivity index is 1.66. The molecule has 1 saturated heterocycles. The average molecular weight is 418 g/mol. The highest BCUT2D eigenvalue weighted by Gasteiger charge is 2.24. The Morgan fingerprint density at radius 2 is 1.83 bits per heavy atom. The van der Waals surface area contributed by atoms with E-state index in [1.807, 2.05) is 0 Å². The van der Waals surface area contributed by atoms with Crippen LogP contribution in [0.2, 0.25) is 0 Å². The van der Waals surface area contributed by atoms with Crippen molar-refractivity contribution in [1.82, 2.24) is 9.88 Å². The molecule has 9 heteroatoms. The zero-order valence-corrected chi connectivity index (χ0v) is 16.8. The number of aromatic amines is 1. The molecule has 0 spiro atoms. The van der Waals surface area contributed by atoms with E-state index in [0.717, 1.165) is 12.8 Å². The van der Waals surface area contributed by atoms with Crippen molar-refractivity contribution in [2.45, 2.75) is 24.7 Å². The molecular weight excluding hydrogens is 396 g/mol. The summed E-state index contributed by atoms with van der Waals surface area (Å²) in [6, 6.07) is 7.16. The van der Waals surface area contributed by atoms with Crippen molar-refractivity contribution in [3.63, 3.8) is 0 Å². The number of carbonyl (C=O) groups excluding carboxylic acids is 3. The Morgan fingerprint density at radius 3 is 2.52 bits per heavy atom. The zero-order chi connectivity index (χ0) is 21.0. The molecule has 0 radical (unpaired) electrons.